The van der Waals surface area contributed by atoms with Gasteiger partial charge in [-0.1, -0.05) is 30.3 Å². The summed E-state index contributed by atoms with van der Waals surface area (Å²) in [6, 6.07) is 11.6. The number of halogens is 1. The summed E-state index contributed by atoms with van der Waals surface area (Å²) in [7, 11) is 0. The molecule has 1 heterocycles. The van der Waals surface area contributed by atoms with Crippen LogP contribution in [0.4, 0.5) is 14.9 Å². The summed E-state index contributed by atoms with van der Waals surface area (Å²) in [6.07, 6.45) is 0.507. The molecule has 0 saturated carbocycles. The van der Waals surface area contributed by atoms with Crippen LogP contribution in [0, 0.1) is 5.82 Å². The van der Waals surface area contributed by atoms with Gasteiger partial charge in [0, 0.05) is 6.54 Å². The number of anilines is 1. The molecule has 1 amide bonds. The van der Waals surface area contributed by atoms with Crippen LogP contribution in [0.15, 0.2) is 42.5 Å². The van der Waals surface area contributed by atoms with Crippen molar-refractivity contribution in [3.05, 3.63) is 65.0 Å². The fourth-order valence-electron chi connectivity index (χ4n) is 2.79. The molecular weight excluding hydrogens is 313 g/mol. The molecule has 2 aromatic carbocycles. The van der Waals surface area contributed by atoms with Crippen molar-refractivity contribution in [2.75, 3.05) is 11.4 Å². The second-order valence-corrected chi connectivity index (χ2v) is 5.57. The van der Waals surface area contributed by atoms with Crippen LogP contribution in [0.25, 0.3) is 0 Å². The van der Waals surface area contributed by atoms with E-state index in [0.717, 1.165) is 11.6 Å². The monoisotopic (exact) mass is 329 g/mol. The first-order valence-corrected chi connectivity index (χ1v) is 7.60. The lowest BCUT2D eigenvalue weighted by Gasteiger charge is -2.29. The van der Waals surface area contributed by atoms with E-state index in [1.54, 1.807) is 0 Å². The third-order valence-electron chi connectivity index (χ3n) is 3.91. The molecule has 0 unspecified atom stereocenters. The lowest BCUT2D eigenvalue weighted by atomic mass is 9.99. The number of ether oxygens (including phenoxy) is 1. The second-order valence-electron chi connectivity index (χ2n) is 5.57. The smallest absolute Gasteiger partial charge is 0.414 e. The summed E-state index contributed by atoms with van der Waals surface area (Å²) in [5.41, 5.74) is 1.34. The summed E-state index contributed by atoms with van der Waals surface area (Å²) < 4.78 is 19.6. The zero-order valence-corrected chi connectivity index (χ0v) is 12.9. The third kappa shape index (κ3) is 3.22. The van der Waals surface area contributed by atoms with Gasteiger partial charge in [-0.2, -0.15) is 0 Å². The molecule has 5 nitrogen and oxygen atoms in total. The molecule has 1 N–H and O–H groups in total. The Labute approximate surface area is 138 Å². The van der Waals surface area contributed by atoms with Crippen LogP contribution < -0.4 is 4.90 Å². The van der Waals surface area contributed by atoms with Gasteiger partial charge in [-0.3, -0.25) is 4.90 Å². The number of carbonyl (C=O) groups excluding carboxylic acids is 1. The van der Waals surface area contributed by atoms with Crippen molar-refractivity contribution < 1.29 is 23.8 Å². The average Bonchev–Trinajstić information content (AvgIpc) is 2.59. The molecule has 0 atom stereocenters. The first-order valence-electron chi connectivity index (χ1n) is 7.60. The summed E-state index contributed by atoms with van der Waals surface area (Å²) in [6.45, 7) is 0.435. The molecule has 3 rings (SSSR count). The standard InChI is InChI=1S/C18H16FNO4/c19-15-10-14(17(21)22)9-13-7-4-8-20(16(13)15)18(23)24-11-12-5-2-1-3-6-12/h1-3,5-6,9-10H,4,7-8,11H2,(H,21,22). The lowest BCUT2D eigenvalue weighted by Crippen LogP contribution is -2.36. The number of carboxylic acids is 1. The molecule has 0 radical (unpaired) electrons. The molecule has 1 aliphatic heterocycles. The van der Waals surface area contributed by atoms with Crippen LogP contribution in [-0.4, -0.2) is 23.7 Å². The fourth-order valence-corrected chi connectivity index (χ4v) is 2.79. The normalized spacial score (nSPS) is 13.3. The van der Waals surface area contributed by atoms with E-state index in [9.17, 15) is 14.0 Å². The molecular formula is C18H16FNO4. The molecule has 1 aliphatic rings. The predicted octanol–water partition coefficient (Wildman–Crippen LogP) is 3.61. The Bertz CT molecular complexity index is 776. The maximum Gasteiger partial charge on any atom is 0.414 e. The van der Waals surface area contributed by atoms with Gasteiger partial charge in [-0.15, -0.1) is 0 Å². The molecule has 0 saturated heterocycles. The zero-order chi connectivity index (χ0) is 17.1. The van der Waals surface area contributed by atoms with Gasteiger partial charge in [0.25, 0.3) is 0 Å². The maximum atomic E-state index is 14.4. The van der Waals surface area contributed by atoms with Crippen molar-refractivity contribution in [1.29, 1.82) is 0 Å². The highest BCUT2D eigenvalue weighted by atomic mass is 19.1. The van der Waals surface area contributed by atoms with Gasteiger partial charge < -0.3 is 9.84 Å². The quantitative estimate of drug-likeness (QED) is 0.934. The van der Waals surface area contributed by atoms with Crippen molar-refractivity contribution in [2.24, 2.45) is 0 Å². The summed E-state index contributed by atoms with van der Waals surface area (Å²) >= 11 is 0. The molecule has 124 valence electrons. The molecule has 0 fully saturated rings. The van der Waals surface area contributed by atoms with Crippen molar-refractivity contribution in [2.45, 2.75) is 19.4 Å². The number of fused-ring (bicyclic) bond motifs is 1. The minimum atomic E-state index is -1.19. The van der Waals surface area contributed by atoms with Crippen LogP contribution in [-0.2, 0) is 17.8 Å². The van der Waals surface area contributed by atoms with Gasteiger partial charge in [0.05, 0.1) is 11.3 Å². The number of nitrogens with zero attached hydrogens (tertiary/aromatic N) is 1. The van der Waals surface area contributed by atoms with E-state index in [2.05, 4.69) is 0 Å². The number of hydrogen-bond donors (Lipinski definition) is 1. The van der Waals surface area contributed by atoms with Gasteiger partial charge in [-0.05, 0) is 36.1 Å². The number of rotatable bonds is 3. The Morgan fingerprint density at radius 1 is 1.21 bits per heavy atom. The van der Waals surface area contributed by atoms with Gasteiger partial charge >= 0.3 is 12.1 Å². The van der Waals surface area contributed by atoms with E-state index in [4.69, 9.17) is 9.84 Å². The van der Waals surface area contributed by atoms with Crippen molar-refractivity contribution in [3.63, 3.8) is 0 Å². The van der Waals surface area contributed by atoms with Crippen LogP contribution >= 0.6 is 0 Å². The number of carbonyl (C=O) groups is 2. The highest BCUT2D eigenvalue weighted by Crippen LogP contribution is 2.32. The van der Waals surface area contributed by atoms with Gasteiger partial charge in [0.1, 0.15) is 12.4 Å². The van der Waals surface area contributed by atoms with E-state index < -0.39 is 17.9 Å². The number of aromatic carboxylic acids is 1. The molecule has 0 aromatic heterocycles. The molecule has 2 aromatic rings. The maximum absolute atomic E-state index is 14.4. The molecule has 0 bridgehead atoms. The van der Waals surface area contributed by atoms with Gasteiger partial charge in [-0.25, -0.2) is 14.0 Å². The number of hydrogen-bond acceptors (Lipinski definition) is 3. The first-order chi connectivity index (χ1) is 11.6. The fraction of sp³-hybridized carbons (Fsp3) is 0.222. The molecule has 6 heteroatoms. The number of carboxylic acid groups (broad SMARTS) is 1. The van der Waals surface area contributed by atoms with Gasteiger partial charge in [0.2, 0.25) is 0 Å². The molecule has 0 aliphatic carbocycles. The van der Waals surface area contributed by atoms with Crippen molar-refractivity contribution >= 4 is 17.7 Å². The molecule has 0 spiro atoms. The Morgan fingerprint density at radius 3 is 2.67 bits per heavy atom. The Kier molecular flexibility index (Phi) is 4.46. The van der Waals surface area contributed by atoms with Crippen LogP contribution in [0.3, 0.4) is 0 Å². The first kappa shape index (κ1) is 16.0. The van der Waals surface area contributed by atoms with Crippen LogP contribution in [0.5, 0.6) is 0 Å². The van der Waals surface area contributed by atoms with E-state index in [0.29, 0.717) is 24.9 Å². The molecule has 24 heavy (non-hydrogen) atoms. The van der Waals surface area contributed by atoms with Crippen molar-refractivity contribution in [1.82, 2.24) is 0 Å². The van der Waals surface area contributed by atoms with E-state index in [-0.39, 0.29) is 17.9 Å². The van der Waals surface area contributed by atoms with Crippen LogP contribution in [0.1, 0.15) is 27.9 Å². The summed E-state index contributed by atoms with van der Waals surface area (Å²) in [5.74, 6) is -1.92. The minimum Gasteiger partial charge on any atom is -0.478 e. The van der Waals surface area contributed by atoms with Gasteiger partial charge in [0.15, 0.2) is 0 Å². The summed E-state index contributed by atoms with van der Waals surface area (Å²) in [4.78, 5) is 24.6. The minimum absolute atomic E-state index is 0.0976. The second kappa shape index (κ2) is 6.70. The Hall–Kier alpha value is -2.89. The number of benzene rings is 2. The average molecular weight is 329 g/mol. The Balaban J connectivity index is 1.81. The zero-order valence-electron chi connectivity index (χ0n) is 12.9. The highest BCUT2D eigenvalue weighted by molar-refractivity contribution is 5.92. The van der Waals surface area contributed by atoms with E-state index in [1.165, 1.54) is 11.0 Å². The largest absolute Gasteiger partial charge is 0.478 e. The van der Waals surface area contributed by atoms with E-state index >= 15 is 0 Å². The third-order valence-corrected chi connectivity index (χ3v) is 3.91. The Morgan fingerprint density at radius 2 is 1.96 bits per heavy atom. The number of amides is 1. The van der Waals surface area contributed by atoms with Crippen LogP contribution in [0.2, 0.25) is 0 Å². The lowest BCUT2D eigenvalue weighted by molar-refractivity contribution is 0.0696. The number of aryl methyl sites for hydroxylation is 1. The topological polar surface area (TPSA) is 66.8 Å². The predicted molar refractivity (Wildman–Crippen MR) is 85.7 cm³/mol. The highest BCUT2D eigenvalue weighted by Gasteiger charge is 2.28. The van der Waals surface area contributed by atoms with E-state index in [1.807, 2.05) is 30.3 Å². The summed E-state index contributed by atoms with van der Waals surface area (Å²) in [5, 5.41) is 9.02. The van der Waals surface area contributed by atoms with Crippen molar-refractivity contribution in [3.8, 4) is 0 Å². The SMILES string of the molecule is O=C(O)c1cc(F)c2c(c1)CCCN2C(=O)OCc1ccccc1.